The molecule has 0 aliphatic heterocycles. The van der Waals surface area contributed by atoms with Crippen LogP contribution in [0.25, 0.3) is 0 Å². The molecule has 1 N–H and O–H groups in total. The quantitative estimate of drug-likeness (QED) is 0.333. The summed E-state index contributed by atoms with van der Waals surface area (Å²) in [6.07, 6.45) is -4.93. The van der Waals surface area contributed by atoms with E-state index < -0.39 is 26.4 Å². The molecule has 0 bridgehead atoms. The third-order valence-electron chi connectivity index (χ3n) is 4.04. The minimum atomic E-state index is -4.93. The van der Waals surface area contributed by atoms with Gasteiger partial charge in [0.15, 0.2) is 0 Å². The number of alkyl halides is 4. The van der Waals surface area contributed by atoms with Crippen molar-refractivity contribution in [2.75, 3.05) is 6.61 Å². The highest BCUT2D eigenvalue weighted by Gasteiger charge is 2.56. The number of rotatable bonds is 6. The number of halogens is 4. The van der Waals surface area contributed by atoms with E-state index in [0.29, 0.717) is 16.7 Å². The number of nitriles is 1. The van der Waals surface area contributed by atoms with Crippen LogP contribution in [0.15, 0.2) is 41.3 Å². The maximum Gasteiger partial charge on any atom is 0.420 e. The summed E-state index contributed by atoms with van der Waals surface area (Å²) < 4.78 is 71.1. The lowest BCUT2D eigenvalue weighted by Crippen LogP contribution is -2.57. The van der Waals surface area contributed by atoms with Gasteiger partial charge in [-0.1, -0.05) is 17.7 Å². The first-order valence-corrected chi connectivity index (χ1v) is 10.9. The van der Waals surface area contributed by atoms with E-state index in [4.69, 9.17) is 10.00 Å². The Bertz CT molecular complexity index is 1020. The van der Waals surface area contributed by atoms with E-state index in [1.807, 2.05) is 6.07 Å². The molecule has 29 heavy (non-hydrogen) atoms. The van der Waals surface area contributed by atoms with E-state index in [2.05, 4.69) is 0 Å². The van der Waals surface area contributed by atoms with Crippen molar-refractivity contribution in [1.82, 2.24) is 4.72 Å². The van der Waals surface area contributed by atoms with Gasteiger partial charge in [0.25, 0.3) is 0 Å². The third kappa shape index (κ3) is 5.40. The fraction of sp³-hybridized carbons (Fsp3) is 0.316. The van der Waals surface area contributed by atoms with Crippen LogP contribution in [0, 0.1) is 32.1 Å². The summed E-state index contributed by atoms with van der Waals surface area (Å²) in [5.74, 6) is 0.0798. The van der Waals surface area contributed by atoms with Crippen molar-refractivity contribution in [3.8, 4) is 11.8 Å². The molecule has 1 atom stereocenters. The molecule has 2 aromatic carbocycles. The van der Waals surface area contributed by atoms with Crippen molar-refractivity contribution in [3.63, 3.8) is 0 Å². The van der Waals surface area contributed by atoms with Crippen LogP contribution >= 0.6 is 22.6 Å². The second-order valence-electron chi connectivity index (χ2n) is 6.56. The fourth-order valence-electron chi connectivity index (χ4n) is 2.83. The number of nitrogens with zero attached hydrogens (tertiary/aromatic N) is 1. The van der Waals surface area contributed by atoms with Gasteiger partial charge < -0.3 is 4.74 Å². The van der Waals surface area contributed by atoms with Crippen molar-refractivity contribution < 1.29 is 26.3 Å². The van der Waals surface area contributed by atoms with Crippen LogP contribution in [0.4, 0.5) is 13.2 Å². The summed E-state index contributed by atoms with van der Waals surface area (Å²) in [5, 5.41) is 8.77. The first-order valence-electron chi connectivity index (χ1n) is 8.29. The lowest BCUT2D eigenvalue weighted by atomic mass is 10.1. The van der Waals surface area contributed by atoms with Crippen LogP contribution in [-0.2, 0) is 10.0 Å². The maximum absolute atomic E-state index is 13.8. The number of aryl methyl sites for hydroxylation is 3. The average molecular weight is 538 g/mol. The van der Waals surface area contributed by atoms with Gasteiger partial charge in [-0.15, -0.1) is 0 Å². The second-order valence-corrected chi connectivity index (χ2v) is 10.0. The number of hydrogen-bond acceptors (Lipinski definition) is 4. The number of hydrogen-bond donors (Lipinski definition) is 1. The number of nitrogens with one attached hydrogen (secondary N) is 1. The van der Waals surface area contributed by atoms with Gasteiger partial charge in [0.2, 0.25) is 13.6 Å². The van der Waals surface area contributed by atoms with Gasteiger partial charge in [0.1, 0.15) is 12.4 Å². The zero-order chi connectivity index (χ0) is 22.0. The van der Waals surface area contributed by atoms with Crippen LogP contribution in [-0.4, -0.2) is 24.7 Å². The third-order valence-corrected chi connectivity index (χ3v) is 7.40. The number of benzene rings is 2. The van der Waals surface area contributed by atoms with Gasteiger partial charge >= 0.3 is 6.18 Å². The van der Waals surface area contributed by atoms with Crippen molar-refractivity contribution in [3.05, 3.63) is 58.7 Å². The van der Waals surface area contributed by atoms with Crippen LogP contribution in [0.5, 0.6) is 5.75 Å². The van der Waals surface area contributed by atoms with Crippen molar-refractivity contribution in [1.29, 1.82) is 5.26 Å². The zero-order valence-corrected chi connectivity index (χ0v) is 18.7. The van der Waals surface area contributed by atoms with E-state index in [-0.39, 0.29) is 10.6 Å². The molecule has 156 valence electrons. The molecule has 0 aliphatic rings. The van der Waals surface area contributed by atoms with Gasteiger partial charge in [-0.25, -0.2) is 8.42 Å². The molecule has 0 aliphatic carbocycles. The minimum absolute atomic E-state index is 0.0798. The van der Waals surface area contributed by atoms with Crippen LogP contribution in [0.1, 0.15) is 22.3 Å². The summed E-state index contributed by atoms with van der Waals surface area (Å²) in [4.78, 5) is -0.188. The highest BCUT2D eigenvalue weighted by Crippen LogP contribution is 2.38. The smallest absolute Gasteiger partial charge is 0.420 e. The predicted molar refractivity (Wildman–Crippen MR) is 110 cm³/mol. The Morgan fingerprint density at radius 1 is 1.10 bits per heavy atom. The van der Waals surface area contributed by atoms with Gasteiger partial charge in [0, 0.05) is 0 Å². The first-order chi connectivity index (χ1) is 13.3. The van der Waals surface area contributed by atoms with Crippen LogP contribution < -0.4 is 9.46 Å². The molecule has 10 heteroatoms. The summed E-state index contributed by atoms with van der Waals surface area (Å²) in [7, 11) is -4.49. The van der Waals surface area contributed by atoms with Gasteiger partial charge in [-0.05, 0) is 78.8 Å². The van der Waals surface area contributed by atoms with Crippen molar-refractivity contribution >= 4 is 32.6 Å². The van der Waals surface area contributed by atoms with Crippen molar-refractivity contribution in [2.24, 2.45) is 0 Å². The lowest BCUT2D eigenvalue weighted by molar-refractivity contribution is -0.163. The largest absolute Gasteiger partial charge is 0.490 e. The summed E-state index contributed by atoms with van der Waals surface area (Å²) >= 11 is 1.01. The zero-order valence-electron chi connectivity index (χ0n) is 15.8. The van der Waals surface area contributed by atoms with E-state index in [9.17, 15) is 21.6 Å². The van der Waals surface area contributed by atoms with Crippen LogP contribution in [0.3, 0.4) is 0 Å². The molecule has 5 nitrogen and oxygen atoms in total. The van der Waals surface area contributed by atoms with E-state index >= 15 is 0 Å². The normalized spacial score (nSPS) is 14.1. The summed E-state index contributed by atoms with van der Waals surface area (Å²) in [6.45, 7) is 3.84. The molecule has 1 unspecified atom stereocenters. The van der Waals surface area contributed by atoms with E-state index in [1.165, 1.54) is 38.1 Å². The number of ether oxygens (including phenoxy) is 1. The maximum atomic E-state index is 13.8. The standard InChI is InChI=1S/C19H18F3IN2O3S/c1-12-8-13(2)17(14(3)9-12)29(26,27)25-18(23,19(20,21)22)11-28-16-6-4-15(10-24)5-7-16/h4-9,25H,11H2,1-3H3. The molecule has 0 amide bonds. The van der Waals surface area contributed by atoms with Crippen LogP contribution in [0.2, 0.25) is 0 Å². The highest BCUT2D eigenvalue weighted by molar-refractivity contribution is 14.1. The lowest BCUT2D eigenvalue weighted by Gasteiger charge is -2.31. The summed E-state index contributed by atoms with van der Waals surface area (Å²) in [5.41, 5.74) is 1.83. The fourth-order valence-corrected chi connectivity index (χ4v) is 5.53. The van der Waals surface area contributed by atoms with Gasteiger partial charge in [0.05, 0.1) is 16.5 Å². The van der Waals surface area contributed by atoms with Gasteiger partial charge in [-0.3, -0.25) is 0 Å². The number of sulfonamides is 1. The Hall–Kier alpha value is -1.84. The molecule has 0 saturated heterocycles. The molecule has 0 fully saturated rings. The molecule has 2 aromatic rings. The molecule has 2 rings (SSSR count). The first kappa shape index (κ1) is 23.4. The monoisotopic (exact) mass is 538 g/mol. The molecule has 0 radical (unpaired) electrons. The molecule has 0 heterocycles. The van der Waals surface area contributed by atoms with Crippen molar-refractivity contribution in [2.45, 2.75) is 35.4 Å². The molecular weight excluding hydrogens is 520 g/mol. The average Bonchev–Trinajstić information content (AvgIpc) is 2.57. The Morgan fingerprint density at radius 2 is 1.62 bits per heavy atom. The predicted octanol–water partition coefficient (Wildman–Crippen LogP) is 4.53. The second kappa shape index (κ2) is 8.49. The Labute approximate surface area is 181 Å². The van der Waals surface area contributed by atoms with E-state index in [0.717, 1.165) is 28.2 Å². The molecular formula is C19H18F3IN2O3S. The molecule has 0 aromatic heterocycles. The summed E-state index contributed by atoms with van der Waals surface area (Å²) in [6, 6.07) is 10.5. The highest BCUT2D eigenvalue weighted by atomic mass is 127. The SMILES string of the molecule is Cc1cc(C)c(S(=O)(=O)NC(I)(COc2ccc(C#N)cc2)C(F)(F)F)c(C)c1. The van der Waals surface area contributed by atoms with Gasteiger partial charge in [-0.2, -0.15) is 23.2 Å². The minimum Gasteiger partial charge on any atom is -0.490 e. The van der Waals surface area contributed by atoms with E-state index in [1.54, 1.807) is 23.8 Å². The Kier molecular flexibility index (Phi) is 6.86. The topological polar surface area (TPSA) is 79.2 Å². The Morgan fingerprint density at radius 3 is 2.07 bits per heavy atom. The molecule has 0 spiro atoms. The Balaban J connectivity index is 2.35. The molecule has 0 saturated carbocycles.